The highest BCUT2D eigenvalue weighted by Crippen LogP contribution is 2.30. The Hall–Kier alpha value is -2.43. The van der Waals surface area contributed by atoms with Crippen LogP contribution in [-0.2, 0) is 9.59 Å². The number of fused-ring (bicyclic) bond motifs is 1. The van der Waals surface area contributed by atoms with Crippen molar-refractivity contribution in [1.29, 1.82) is 0 Å². The lowest BCUT2D eigenvalue weighted by atomic mass is 10.00. The predicted molar refractivity (Wildman–Crippen MR) is 84.3 cm³/mol. The van der Waals surface area contributed by atoms with Crippen LogP contribution in [0, 0.1) is 11.8 Å². The Kier molecular flexibility index (Phi) is 3.29. The van der Waals surface area contributed by atoms with Gasteiger partial charge in [-0.05, 0) is 42.5 Å². The molecule has 0 bridgehead atoms. The summed E-state index contributed by atoms with van der Waals surface area (Å²) in [5, 5.41) is 2.33. The minimum atomic E-state index is -0.380. The Morgan fingerprint density at radius 2 is 1.70 bits per heavy atom. The second-order valence-corrected chi connectivity index (χ2v) is 6.48. The third kappa shape index (κ3) is 2.36. The zero-order chi connectivity index (χ0) is 16.0. The summed E-state index contributed by atoms with van der Waals surface area (Å²) in [6.07, 6.45) is 5.67. The molecule has 23 heavy (non-hydrogen) atoms. The van der Waals surface area contributed by atoms with Crippen LogP contribution >= 0.6 is 0 Å². The highest BCUT2D eigenvalue weighted by Gasteiger charge is 2.48. The van der Waals surface area contributed by atoms with Gasteiger partial charge >= 0.3 is 0 Å². The van der Waals surface area contributed by atoms with Crippen LogP contribution in [0.3, 0.4) is 0 Å². The van der Waals surface area contributed by atoms with E-state index in [1.165, 1.54) is 17.6 Å². The van der Waals surface area contributed by atoms with Crippen LogP contribution in [0.15, 0.2) is 30.3 Å². The minimum absolute atomic E-state index is 0.105. The molecule has 0 saturated carbocycles. The molecule has 1 N–H and O–H groups in total. The molecule has 118 valence electrons. The molecule has 0 unspecified atom stereocenters. The fraction of sp³-hybridized carbons (Fsp3) is 0.389. The number of imide groups is 1. The lowest BCUT2D eigenvalue weighted by Crippen LogP contribution is -2.35. The third-order valence-electron chi connectivity index (χ3n) is 5.07. The number of nitrogens with zero attached hydrogens (tertiary/aromatic N) is 1. The van der Waals surface area contributed by atoms with Crippen molar-refractivity contribution in [2.75, 3.05) is 13.1 Å². The number of hydrogen-bond donors (Lipinski definition) is 1. The van der Waals surface area contributed by atoms with Gasteiger partial charge in [-0.3, -0.25) is 19.7 Å². The van der Waals surface area contributed by atoms with E-state index in [0.29, 0.717) is 18.7 Å². The summed E-state index contributed by atoms with van der Waals surface area (Å²) in [5.74, 6) is -1.37. The molecule has 0 radical (unpaired) electrons. The van der Waals surface area contributed by atoms with Crippen LogP contribution in [0.4, 0.5) is 0 Å². The number of amides is 3. The van der Waals surface area contributed by atoms with E-state index in [4.69, 9.17) is 0 Å². The zero-order valence-electron chi connectivity index (χ0n) is 12.7. The van der Waals surface area contributed by atoms with Crippen molar-refractivity contribution in [2.45, 2.75) is 19.3 Å². The summed E-state index contributed by atoms with van der Waals surface area (Å²) >= 11 is 0. The molecule has 3 aliphatic rings. The molecule has 3 amide bonds. The standard InChI is InChI=1S/C18H18N2O3/c21-16-14-9-20(10-15(14)17(22)19-16)18(23)13-7-5-12(6-8-13)11-3-1-2-4-11/h3,5-8,14-15H,1-2,4,9-10H2,(H,19,21,22)/t14-,15+. The van der Waals surface area contributed by atoms with Crippen LogP contribution in [0.5, 0.6) is 0 Å². The van der Waals surface area contributed by atoms with Gasteiger partial charge in [0.15, 0.2) is 0 Å². The third-order valence-corrected chi connectivity index (χ3v) is 5.07. The fourth-order valence-corrected chi connectivity index (χ4v) is 3.75. The molecule has 2 fully saturated rings. The van der Waals surface area contributed by atoms with Gasteiger partial charge in [-0.2, -0.15) is 0 Å². The summed E-state index contributed by atoms with van der Waals surface area (Å²) in [6.45, 7) is 0.655. The van der Waals surface area contributed by atoms with Gasteiger partial charge in [-0.25, -0.2) is 0 Å². The molecule has 5 nitrogen and oxygen atoms in total. The molecule has 0 spiro atoms. The van der Waals surface area contributed by atoms with Crippen LogP contribution in [-0.4, -0.2) is 35.7 Å². The van der Waals surface area contributed by atoms with Gasteiger partial charge in [0.2, 0.25) is 11.8 Å². The Labute approximate surface area is 134 Å². The normalized spacial score (nSPS) is 26.3. The van der Waals surface area contributed by atoms with Gasteiger partial charge < -0.3 is 4.90 Å². The van der Waals surface area contributed by atoms with E-state index in [1.807, 2.05) is 24.3 Å². The van der Waals surface area contributed by atoms with Crippen molar-refractivity contribution in [3.8, 4) is 0 Å². The van der Waals surface area contributed by atoms with Gasteiger partial charge in [0.25, 0.3) is 5.91 Å². The Morgan fingerprint density at radius 1 is 1.04 bits per heavy atom. The maximum Gasteiger partial charge on any atom is 0.253 e. The average molecular weight is 310 g/mol. The molecule has 2 aliphatic heterocycles. The molecule has 5 heteroatoms. The predicted octanol–water partition coefficient (Wildman–Crippen LogP) is 1.60. The zero-order valence-corrected chi connectivity index (χ0v) is 12.7. The summed E-state index contributed by atoms with van der Waals surface area (Å²) in [6, 6.07) is 7.65. The number of hydrogen-bond acceptors (Lipinski definition) is 3. The monoisotopic (exact) mass is 310 g/mol. The molecular weight excluding hydrogens is 292 g/mol. The topological polar surface area (TPSA) is 66.5 Å². The van der Waals surface area contributed by atoms with Crippen molar-refractivity contribution < 1.29 is 14.4 Å². The number of carbonyl (C=O) groups is 3. The first kappa shape index (κ1) is 14.2. The second-order valence-electron chi connectivity index (χ2n) is 6.48. The number of likely N-dealkylation sites (tertiary alicyclic amines) is 1. The first-order valence-corrected chi connectivity index (χ1v) is 8.07. The van der Waals surface area contributed by atoms with Crippen LogP contribution < -0.4 is 5.32 Å². The molecule has 0 aromatic heterocycles. The van der Waals surface area contributed by atoms with Crippen LogP contribution in [0.1, 0.15) is 35.2 Å². The number of nitrogens with one attached hydrogen (secondary N) is 1. The highest BCUT2D eigenvalue weighted by atomic mass is 16.2. The van der Waals surface area contributed by atoms with E-state index >= 15 is 0 Å². The number of rotatable bonds is 2. The lowest BCUT2D eigenvalue weighted by molar-refractivity contribution is -0.126. The first-order valence-electron chi connectivity index (χ1n) is 8.07. The molecular formula is C18H18N2O3. The second kappa shape index (κ2) is 5.33. The summed E-state index contributed by atoms with van der Waals surface area (Å²) in [5.41, 5.74) is 3.13. The van der Waals surface area contributed by atoms with Crippen LogP contribution in [0.25, 0.3) is 5.57 Å². The average Bonchev–Trinajstić information content (AvgIpc) is 3.27. The van der Waals surface area contributed by atoms with Gasteiger partial charge in [-0.1, -0.05) is 18.2 Å². The van der Waals surface area contributed by atoms with Gasteiger partial charge in [-0.15, -0.1) is 0 Å². The molecule has 1 aromatic rings. The SMILES string of the molecule is O=C1NC(=O)[C@@H]2CN(C(=O)c3ccc(C4=CCCC4)cc3)C[C@H]12. The molecule has 2 atom stereocenters. The van der Waals surface area contributed by atoms with E-state index in [-0.39, 0.29) is 29.6 Å². The minimum Gasteiger partial charge on any atom is -0.337 e. The van der Waals surface area contributed by atoms with Crippen molar-refractivity contribution in [1.82, 2.24) is 10.2 Å². The Morgan fingerprint density at radius 3 is 2.26 bits per heavy atom. The number of allylic oxidation sites excluding steroid dienone is 2. The van der Waals surface area contributed by atoms with E-state index in [9.17, 15) is 14.4 Å². The van der Waals surface area contributed by atoms with Gasteiger partial charge in [0.05, 0.1) is 11.8 Å². The first-order chi connectivity index (χ1) is 11.1. The fourth-order valence-electron chi connectivity index (χ4n) is 3.75. The maximum atomic E-state index is 12.6. The molecule has 1 aliphatic carbocycles. The molecule has 2 heterocycles. The largest absolute Gasteiger partial charge is 0.337 e. The Bertz CT molecular complexity index is 698. The molecule has 4 rings (SSSR count). The van der Waals surface area contributed by atoms with E-state index in [0.717, 1.165) is 12.8 Å². The summed E-state index contributed by atoms with van der Waals surface area (Å²) in [7, 11) is 0. The lowest BCUT2D eigenvalue weighted by Gasteiger charge is -2.17. The van der Waals surface area contributed by atoms with Crippen LogP contribution in [0.2, 0.25) is 0 Å². The van der Waals surface area contributed by atoms with Crippen molar-refractivity contribution in [3.63, 3.8) is 0 Å². The van der Waals surface area contributed by atoms with Gasteiger partial charge in [0, 0.05) is 18.7 Å². The summed E-state index contributed by atoms with van der Waals surface area (Å²) in [4.78, 5) is 37.6. The maximum absolute atomic E-state index is 12.6. The van der Waals surface area contributed by atoms with Gasteiger partial charge in [0.1, 0.15) is 0 Å². The molecule has 2 saturated heterocycles. The number of benzene rings is 1. The van der Waals surface area contributed by atoms with E-state index in [1.54, 1.807) is 4.90 Å². The smallest absolute Gasteiger partial charge is 0.253 e. The number of carbonyl (C=O) groups excluding carboxylic acids is 3. The van der Waals surface area contributed by atoms with E-state index in [2.05, 4.69) is 11.4 Å². The van der Waals surface area contributed by atoms with E-state index < -0.39 is 0 Å². The van der Waals surface area contributed by atoms with Crippen molar-refractivity contribution in [2.24, 2.45) is 11.8 Å². The highest BCUT2D eigenvalue weighted by molar-refractivity contribution is 6.07. The quantitative estimate of drug-likeness (QED) is 0.844. The summed E-state index contributed by atoms with van der Waals surface area (Å²) < 4.78 is 0. The van der Waals surface area contributed by atoms with Crippen molar-refractivity contribution >= 4 is 23.3 Å². The Balaban J connectivity index is 1.49. The van der Waals surface area contributed by atoms with Crippen molar-refractivity contribution in [3.05, 3.63) is 41.5 Å². The molecule has 1 aromatic carbocycles.